The minimum absolute atomic E-state index is 0.557. The molecule has 0 bridgehead atoms. The topological polar surface area (TPSA) is 65.0 Å². The van der Waals surface area contributed by atoms with Gasteiger partial charge in [0, 0.05) is 38.6 Å². The maximum absolute atomic E-state index is 11.1. The van der Waals surface area contributed by atoms with E-state index in [0.29, 0.717) is 19.0 Å². The second-order valence-corrected chi connectivity index (χ2v) is 9.02. The first-order valence-electron chi connectivity index (χ1n) is 11.5. The molecule has 1 aromatic carbocycles. The molecule has 2 aliphatic heterocycles. The van der Waals surface area contributed by atoms with E-state index in [1.807, 2.05) is 12.1 Å². The monoisotopic (exact) mass is 425 g/mol. The maximum atomic E-state index is 11.1. The van der Waals surface area contributed by atoms with Crippen LogP contribution in [0.15, 0.2) is 42.7 Å². The summed E-state index contributed by atoms with van der Waals surface area (Å²) in [6.07, 6.45) is 8.19. The Morgan fingerprint density at radius 1 is 1.10 bits per heavy atom. The molecule has 4 rings (SSSR count). The fourth-order valence-corrected chi connectivity index (χ4v) is 4.69. The lowest BCUT2D eigenvalue weighted by atomic mass is 10.0. The first-order valence-corrected chi connectivity index (χ1v) is 11.5. The molecule has 1 unspecified atom stereocenters. The zero-order chi connectivity index (χ0) is 21.5. The quantitative estimate of drug-likeness (QED) is 0.662. The summed E-state index contributed by atoms with van der Waals surface area (Å²) >= 11 is 0. The molecular formula is C24H35N5O2. The Bertz CT molecular complexity index is 815. The molecule has 2 saturated heterocycles. The fourth-order valence-electron chi connectivity index (χ4n) is 4.69. The van der Waals surface area contributed by atoms with Crippen molar-refractivity contribution in [3.8, 4) is 5.75 Å². The summed E-state index contributed by atoms with van der Waals surface area (Å²) in [7, 11) is 2.06. The lowest BCUT2D eigenvalue weighted by Crippen LogP contribution is -2.43. The van der Waals surface area contributed by atoms with Crippen LogP contribution in [0.2, 0.25) is 0 Å². The van der Waals surface area contributed by atoms with Crippen molar-refractivity contribution in [2.75, 3.05) is 57.8 Å². The zero-order valence-corrected chi connectivity index (χ0v) is 18.6. The highest BCUT2D eigenvalue weighted by molar-refractivity contribution is 5.32. The Balaban J connectivity index is 1.24. The number of hydrogen-bond donors (Lipinski definition) is 1. The largest absolute Gasteiger partial charge is 0.492 e. The predicted molar refractivity (Wildman–Crippen MR) is 122 cm³/mol. The van der Waals surface area contributed by atoms with Gasteiger partial charge in [0.25, 0.3) is 0 Å². The number of aromatic nitrogens is 2. The van der Waals surface area contributed by atoms with E-state index < -0.39 is 5.60 Å². The van der Waals surface area contributed by atoms with Crippen LogP contribution >= 0.6 is 0 Å². The highest BCUT2D eigenvalue weighted by atomic mass is 16.5. The van der Waals surface area contributed by atoms with Gasteiger partial charge in [-0.05, 0) is 63.2 Å². The number of aliphatic hydroxyl groups is 1. The van der Waals surface area contributed by atoms with Crippen LogP contribution in [0.3, 0.4) is 0 Å². The molecule has 1 aromatic heterocycles. The summed E-state index contributed by atoms with van der Waals surface area (Å²) in [6.45, 7) is 6.84. The third-order valence-electron chi connectivity index (χ3n) is 6.21. The van der Waals surface area contributed by atoms with E-state index >= 15 is 0 Å². The fraction of sp³-hybridized carbons (Fsp3) is 0.583. The van der Waals surface area contributed by atoms with Crippen LogP contribution in [0, 0.1) is 0 Å². The standard InChI is InChI=1S/C24H35N5O2/c1-27(19-24(30)9-14-29(20-24)23-25-10-6-11-26-23)18-21-7-5-8-22(17-21)31-16-15-28-12-3-2-4-13-28/h5-8,10-11,17,30H,2-4,9,12-16,18-20H2,1H3. The average molecular weight is 426 g/mol. The lowest BCUT2D eigenvalue weighted by molar-refractivity contribution is 0.0279. The molecule has 7 heteroatoms. The number of hydrogen-bond acceptors (Lipinski definition) is 7. The Labute approximate surface area is 185 Å². The number of rotatable bonds is 9. The summed E-state index contributed by atoms with van der Waals surface area (Å²) in [5, 5.41) is 11.1. The second-order valence-electron chi connectivity index (χ2n) is 9.02. The highest BCUT2D eigenvalue weighted by Gasteiger charge is 2.37. The van der Waals surface area contributed by atoms with E-state index in [-0.39, 0.29) is 0 Å². The van der Waals surface area contributed by atoms with Gasteiger partial charge in [-0.15, -0.1) is 0 Å². The minimum Gasteiger partial charge on any atom is -0.492 e. The molecule has 0 amide bonds. The molecule has 0 radical (unpaired) electrons. The van der Waals surface area contributed by atoms with Crippen LogP contribution in [0.1, 0.15) is 31.2 Å². The molecule has 0 aliphatic carbocycles. The molecule has 1 N–H and O–H groups in total. The van der Waals surface area contributed by atoms with E-state index in [2.05, 4.69) is 49.9 Å². The molecule has 2 fully saturated rings. The predicted octanol–water partition coefficient (Wildman–Crippen LogP) is 2.41. The van der Waals surface area contributed by atoms with Gasteiger partial charge in [0.1, 0.15) is 12.4 Å². The number of likely N-dealkylation sites (tertiary alicyclic amines) is 1. The highest BCUT2D eigenvalue weighted by Crippen LogP contribution is 2.25. The van der Waals surface area contributed by atoms with Crippen LogP contribution in [-0.4, -0.2) is 83.4 Å². The summed E-state index contributed by atoms with van der Waals surface area (Å²) in [6, 6.07) is 10.1. The third-order valence-corrected chi connectivity index (χ3v) is 6.21. The third kappa shape index (κ3) is 6.38. The minimum atomic E-state index is -0.753. The number of piperidine rings is 1. The molecule has 168 valence electrons. The van der Waals surface area contributed by atoms with E-state index in [1.165, 1.54) is 37.9 Å². The summed E-state index contributed by atoms with van der Waals surface area (Å²) in [4.78, 5) is 15.4. The SMILES string of the molecule is CN(Cc1cccc(OCCN2CCCCC2)c1)CC1(O)CCN(c2ncccn2)C1. The van der Waals surface area contributed by atoms with Gasteiger partial charge in [-0.1, -0.05) is 18.6 Å². The van der Waals surface area contributed by atoms with Crippen molar-refractivity contribution in [3.05, 3.63) is 48.3 Å². The van der Waals surface area contributed by atoms with Gasteiger partial charge in [-0.2, -0.15) is 0 Å². The van der Waals surface area contributed by atoms with E-state index in [1.54, 1.807) is 12.4 Å². The van der Waals surface area contributed by atoms with Gasteiger partial charge >= 0.3 is 0 Å². The first kappa shape index (κ1) is 22.0. The van der Waals surface area contributed by atoms with Crippen molar-refractivity contribution in [1.29, 1.82) is 0 Å². The summed E-state index contributed by atoms with van der Waals surface area (Å²) in [5.41, 5.74) is 0.444. The van der Waals surface area contributed by atoms with Gasteiger partial charge in [0.15, 0.2) is 0 Å². The van der Waals surface area contributed by atoms with Gasteiger partial charge < -0.3 is 14.7 Å². The number of ether oxygens (including phenoxy) is 1. The summed E-state index contributed by atoms with van der Waals surface area (Å²) in [5.74, 6) is 1.62. The first-order chi connectivity index (χ1) is 15.1. The smallest absolute Gasteiger partial charge is 0.225 e. The van der Waals surface area contributed by atoms with Crippen LogP contribution in [0.5, 0.6) is 5.75 Å². The molecule has 7 nitrogen and oxygen atoms in total. The Hall–Kier alpha value is -2.22. The molecular weight excluding hydrogens is 390 g/mol. The van der Waals surface area contributed by atoms with E-state index in [0.717, 1.165) is 38.4 Å². The van der Waals surface area contributed by atoms with Crippen LogP contribution in [0.25, 0.3) is 0 Å². The zero-order valence-electron chi connectivity index (χ0n) is 18.6. The van der Waals surface area contributed by atoms with Gasteiger partial charge in [0.05, 0.1) is 12.1 Å². The van der Waals surface area contributed by atoms with Crippen LogP contribution in [-0.2, 0) is 6.54 Å². The van der Waals surface area contributed by atoms with Crippen LogP contribution < -0.4 is 9.64 Å². The number of β-amino-alcohol motifs (C(OH)–C–C–N with tert-alkyl or cyclic N) is 1. The Morgan fingerprint density at radius 3 is 2.71 bits per heavy atom. The van der Waals surface area contributed by atoms with E-state index in [9.17, 15) is 5.11 Å². The maximum Gasteiger partial charge on any atom is 0.225 e. The lowest BCUT2D eigenvalue weighted by Gasteiger charge is -2.29. The van der Waals surface area contributed by atoms with Crippen molar-refractivity contribution in [3.63, 3.8) is 0 Å². The van der Waals surface area contributed by atoms with Gasteiger partial charge in [0.2, 0.25) is 5.95 Å². The van der Waals surface area contributed by atoms with Crippen molar-refractivity contribution in [2.45, 2.75) is 37.8 Å². The van der Waals surface area contributed by atoms with E-state index in [4.69, 9.17) is 4.74 Å². The number of anilines is 1. The van der Waals surface area contributed by atoms with Gasteiger partial charge in [-0.3, -0.25) is 9.80 Å². The van der Waals surface area contributed by atoms with Crippen molar-refractivity contribution >= 4 is 5.95 Å². The Kier molecular flexibility index (Phi) is 7.37. The average Bonchev–Trinajstić information content (AvgIpc) is 3.17. The molecule has 3 heterocycles. The molecule has 0 saturated carbocycles. The molecule has 31 heavy (non-hydrogen) atoms. The normalized spacial score (nSPS) is 22.2. The number of nitrogens with zero attached hydrogens (tertiary/aromatic N) is 5. The summed E-state index contributed by atoms with van der Waals surface area (Å²) < 4.78 is 6.02. The van der Waals surface area contributed by atoms with Crippen LogP contribution in [0.4, 0.5) is 5.95 Å². The molecule has 2 aliphatic rings. The van der Waals surface area contributed by atoms with Crippen molar-refractivity contribution in [2.24, 2.45) is 0 Å². The number of likely N-dealkylation sites (N-methyl/N-ethyl adjacent to an activating group) is 1. The van der Waals surface area contributed by atoms with Crippen molar-refractivity contribution in [1.82, 2.24) is 19.8 Å². The number of benzene rings is 1. The molecule has 2 aromatic rings. The molecule has 0 spiro atoms. The Morgan fingerprint density at radius 2 is 1.90 bits per heavy atom. The van der Waals surface area contributed by atoms with Crippen molar-refractivity contribution < 1.29 is 9.84 Å². The van der Waals surface area contributed by atoms with Gasteiger partial charge in [-0.25, -0.2) is 9.97 Å². The second kappa shape index (κ2) is 10.4. The molecule has 1 atom stereocenters.